The van der Waals surface area contributed by atoms with E-state index in [9.17, 15) is 17.6 Å². The zero-order valence-corrected chi connectivity index (χ0v) is 18.0. The first-order valence-electron chi connectivity index (χ1n) is 9.06. The molecular formula is C22H20ClFN2O3S. The summed E-state index contributed by atoms with van der Waals surface area (Å²) in [4.78, 5) is 12.6. The highest BCUT2D eigenvalue weighted by Crippen LogP contribution is 2.27. The largest absolute Gasteiger partial charge is 0.348 e. The number of nitrogens with one attached hydrogen (secondary N) is 1. The summed E-state index contributed by atoms with van der Waals surface area (Å²) in [5, 5.41) is 2.78. The molecule has 0 aliphatic rings. The van der Waals surface area contributed by atoms with Crippen LogP contribution in [0.15, 0.2) is 71.6 Å². The van der Waals surface area contributed by atoms with Crippen LogP contribution in [-0.2, 0) is 16.6 Å². The molecule has 0 radical (unpaired) electrons. The molecule has 0 heterocycles. The third-order valence-corrected chi connectivity index (χ3v) is 6.69. The standard InChI is InChI=1S/C22H20ClFN2O3S/c1-15-6-9-19(10-7-15)30(28,29)26(2)18-8-11-20(21(23)13-18)22(27)25-14-16-4-3-5-17(24)12-16/h3-13H,14H2,1-2H3,(H,25,27). The molecule has 8 heteroatoms. The molecule has 1 amide bonds. The lowest BCUT2D eigenvalue weighted by molar-refractivity contribution is 0.0951. The highest BCUT2D eigenvalue weighted by atomic mass is 35.5. The van der Waals surface area contributed by atoms with Crippen LogP contribution in [0.4, 0.5) is 10.1 Å². The number of carbonyl (C=O) groups excluding carboxylic acids is 1. The Bertz CT molecular complexity index is 1180. The van der Waals surface area contributed by atoms with Crippen LogP contribution in [0.3, 0.4) is 0 Å². The summed E-state index contributed by atoms with van der Waals surface area (Å²) >= 11 is 6.25. The Morgan fingerprint density at radius 3 is 2.40 bits per heavy atom. The molecular weight excluding hydrogens is 427 g/mol. The van der Waals surface area contributed by atoms with E-state index < -0.39 is 15.9 Å². The van der Waals surface area contributed by atoms with Gasteiger partial charge in [0.15, 0.2) is 0 Å². The van der Waals surface area contributed by atoms with Crippen molar-refractivity contribution in [3.8, 4) is 0 Å². The van der Waals surface area contributed by atoms with E-state index in [0.717, 1.165) is 9.87 Å². The van der Waals surface area contributed by atoms with Gasteiger partial charge in [-0.15, -0.1) is 0 Å². The molecule has 5 nitrogen and oxygen atoms in total. The summed E-state index contributed by atoms with van der Waals surface area (Å²) in [7, 11) is -2.35. The Balaban J connectivity index is 1.77. The summed E-state index contributed by atoms with van der Waals surface area (Å²) in [6.45, 7) is 2.01. The summed E-state index contributed by atoms with van der Waals surface area (Å²) in [6, 6.07) is 16.8. The van der Waals surface area contributed by atoms with Gasteiger partial charge in [0.2, 0.25) is 0 Å². The first-order chi connectivity index (χ1) is 14.2. The van der Waals surface area contributed by atoms with Crippen LogP contribution in [0.1, 0.15) is 21.5 Å². The molecule has 0 spiro atoms. The summed E-state index contributed by atoms with van der Waals surface area (Å²) < 4.78 is 40.0. The van der Waals surface area contributed by atoms with Crippen molar-refractivity contribution in [2.75, 3.05) is 11.4 Å². The van der Waals surface area contributed by atoms with Crippen LogP contribution >= 0.6 is 11.6 Å². The fourth-order valence-electron chi connectivity index (χ4n) is 2.82. The number of aryl methyl sites for hydroxylation is 1. The van der Waals surface area contributed by atoms with Crippen molar-refractivity contribution < 1.29 is 17.6 Å². The molecule has 0 fully saturated rings. The molecule has 0 atom stereocenters. The Morgan fingerprint density at radius 2 is 1.77 bits per heavy atom. The Hall–Kier alpha value is -2.90. The van der Waals surface area contributed by atoms with Gasteiger partial charge in [-0.3, -0.25) is 9.10 Å². The number of sulfonamides is 1. The molecule has 3 aromatic rings. The topological polar surface area (TPSA) is 66.5 Å². The molecule has 0 aliphatic carbocycles. The van der Waals surface area contributed by atoms with Gasteiger partial charge in [-0.1, -0.05) is 41.4 Å². The van der Waals surface area contributed by atoms with Crippen molar-refractivity contribution in [3.05, 3.63) is 94.3 Å². The van der Waals surface area contributed by atoms with E-state index in [2.05, 4.69) is 5.32 Å². The minimum Gasteiger partial charge on any atom is -0.348 e. The third-order valence-electron chi connectivity index (χ3n) is 4.58. The van der Waals surface area contributed by atoms with E-state index in [1.54, 1.807) is 24.3 Å². The SMILES string of the molecule is Cc1ccc(S(=O)(=O)N(C)c2ccc(C(=O)NCc3cccc(F)c3)c(Cl)c2)cc1. The Kier molecular flexibility index (Phi) is 6.43. The number of amides is 1. The minimum absolute atomic E-state index is 0.107. The molecule has 0 saturated carbocycles. The van der Waals surface area contributed by atoms with E-state index in [-0.39, 0.29) is 27.8 Å². The monoisotopic (exact) mass is 446 g/mol. The molecule has 3 rings (SSSR count). The zero-order chi connectivity index (χ0) is 21.9. The van der Waals surface area contributed by atoms with Crippen LogP contribution < -0.4 is 9.62 Å². The first kappa shape index (κ1) is 21.8. The van der Waals surface area contributed by atoms with Gasteiger partial charge >= 0.3 is 0 Å². The van der Waals surface area contributed by atoms with Crippen molar-refractivity contribution in [1.82, 2.24) is 5.32 Å². The average molecular weight is 447 g/mol. The Morgan fingerprint density at radius 1 is 1.07 bits per heavy atom. The maximum atomic E-state index is 13.2. The van der Waals surface area contributed by atoms with E-state index in [1.165, 1.54) is 49.5 Å². The Labute approximate surface area is 180 Å². The van der Waals surface area contributed by atoms with E-state index in [1.807, 2.05) is 6.92 Å². The summed E-state index contributed by atoms with van der Waals surface area (Å²) in [6.07, 6.45) is 0. The number of benzene rings is 3. The number of halogens is 2. The lowest BCUT2D eigenvalue weighted by atomic mass is 10.1. The van der Waals surface area contributed by atoms with Crippen molar-refractivity contribution in [3.63, 3.8) is 0 Å². The number of hydrogen-bond acceptors (Lipinski definition) is 3. The van der Waals surface area contributed by atoms with Gasteiger partial charge in [0.1, 0.15) is 5.82 Å². The van der Waals surface area contributed by atoms with E-state index in [4.69, 9.17) is 11.6 Å². The van der Waals surface area contributed by atoms with Crippen molar-refractivity contribution in [1.29, 1.82) is 0 Å². The van der Waals surface area contributed by atoms with Crippen LogP contribution in [0, 0.1) is 12.7 Å². The second kappa shape index (κ2) is 8.85. The minimum atomic E-state index is -3.77. The van der Waals surface area contributed by atoms with Gasteiger partial charge in [0, 0.05) is 13.6 Å². The van der Waals surface area contributed by atoms with Gasteiger partial charge in [-0.05, 0) is 55.0 Å². The van der Waals surface area contributed by atoms with Crippen LogP contribution in [0.25, 0.3) is 0 Å². The molecule has 0 aromatic heterocycles. The second-order valence-electron chi connectivity index (χ2n) is 6.76. The smallest absolute Gasteiger partial charge is 0.264 e. The molecule has 1 N–H and O–H groups in total. The van der Waals surface area contributed by atoms with Crippen molar-refractivity contribution in [2.45, 2.75) is 18.4 Å². The fourth-order valence-corrected chi connectivity index (χ4v) is 4.26. The predicted molar refractivity (Wildman–Crippen MR) is 116 cm³/mol. The molecule has 156 valence electrons. The first-order valence-corrected chi connectivity index (χ1v) is 10.9. The molecule has 0 unspecified atom stereocenters. The quantitative estimate of drug-likeness (QED) is 0.604. The molecule has 3 aromatic carbocycles. The third kappa shape index (κ3) is 4.80. The maximum absolute atomic E-state index is 13.2. The lowest BCUT2D eigenvalue weighted by Gasteiger charge is -2.20. The zero-order valence-electron chi connectivity index (χ0n) is 16.4. The van der Waals surface area contributed by atoms with Gasteiger partial charge < -0.3 is 5.32 Å². The summed E-state index contributed by atoms with van der Waals surface area (Å²) in [5.41, 5.74) is 2.08. The molecule has 0 bridgehead atoms. The van der Waals surface area contributed by atoms with Crippen LogP contribution in [-0.4, -0.2) is 21.4 Å². The van der Waals surface area contributed by atoms with Gasteiger partial charge in [-0.2, -0.15) is 0 Å². The molecule has 30 heavy (non-hydrogen) atoms. The lowest BCUT2D eigenvalue weighted by Crippen LogP contribution is -2.27. The van der Waals surface area contributed by atoms with Crippen molar-refractivity contribution in [2.24, 2.45) is 0 Å². The second-order valence-corrected chi connectivity index (χ2v) is 9.14. The van der Waals surface area contributed by atoms with Gasteiger partial charge in [0.25, 0.3) is 15.9 Å². The van der Waals surface area contributed by atoms with E-state index in [0.29, 0.717) is 11.3 Å². The predicted octanol–water partition coefficient (Wildman–Crippen LogP) is 4.54. The number of hydrogen-bond donors (Lipinski definition) is 1. The highest BCUT2D eigenvalue weighted by molar-refractivity contribution is 7.92. The maximum Gasteiger partial charge on any atom is 0.264 e. The van der Waals surface area contributed by atoms with Gasteiger partial charge in [0.05, 0.1) is 21.2 Å². The normalized spacial score (nSPS) is 11.2. The number of rotatable bonds is 6. The summed E-state index contributed by atoms with van der Waals surface area (Å²) in [5.74, 6) is -0.832. The fraction of sp³-hybridized carbons (Fsp3) is 0.136. The number of carbonyl (C=O) groups is 1. The number of nitrogens with zero attached hydrogens (tertiary/aromatic N) is 1. The van der Waals surface area contributed by atoms with Crippen LogP contribution in [0.5, 0.6) is 0 Å². The molecule has 0 aliphatic heterocycles. The average Bonchev–Trinajstić information content (AvgIpc) is 2.71. The van der Waals surface area contributed by atoms with Gasteiger partial charge in [-0.25, -0.2) is 12.8 Å². The highest BCUT2D eigenvalue weighted by Gasteiger charge is 2.22. The molecule has 0 saturated heterocycles. The van der Waals surface area contributed by atoms with Crippen molar-refractivity contribution >= 4 is 33.2 Å². The van der Waals surface area contributed by atoms with Crippen LogP contribution in [0.2, 0.25) is 5.02 Å². The van der Waals surface area contributed by atoms with E-state index >= 15 is 0 Å². The number of anilines is 1.